The topological polar surface area (TPSA) is 150 Å². The van der Waals surface area contributed by atoms with Crippen molar-refractivity contribution in [1.29, 1.82) is 0 Å². The summed E-state index contributed by atoms with van der Waals surface area (Å²) in [5, 5.41) is 0. The number of Topliss-reactive ketones (excluding diaryl/α,β-unsaturated/α-hetero) is 1. The Morgan fingerprint density at radius 1 is 0.800 bits per heavy atom. The van der Waals surface area contributed by atoms with Gasteiger partial charge in [-0.15, -0.1) is 0 Å². The number of benzene rings is 1. The van der Waals surface area contributed by atoms with E-state index in [0.717, 1.165) is 27.7 Å². The molecule has 0 saturated carbocycles. The number of carbonyl (C=O) groups excluding carboxylic acids is 5. The van der Waals surface area contributed by atoms with Crippen molar-refractivity contribution in [3.63, 3.8) is 0 Å². The highest BCUT2D eigenvalue weighted by molar-refractivity contribution is 5.97. The van der Waals surface area contributed by atoms with Crippen LogP contribution in [0.5, 0.6) is 11.5 Å². The highest BCUT2D eigenvalue weighted by atomic mass is 16.7. The fourth-order valence-corrected chi connectivity index (χ4v) is 3.43. The van der Waals surface area contributed by atoms with E-state index in [1.165, 1.54) is 26.2 Å². The van der Waals surface area contributed by atoms with Gasteiger partial charge >= 0.3 is 23.9 Å². The number of rotatable bonds is 9. The number of hydrogen-bond donors (Lipinski definition) is 0. The van der Waals surface area contributed by atoms with E-state index < -0.39 is 61.2 Å². The summed E-state index contributed by atoms with van der Waals surface area (Å²) >= 11 is 0. The zero-order valence-corrected chi connectivity index (χ0v) is 20.2. The molecule has 1 heterocycles. The zero-order chi connectivity index (χ0) is 26.3. The van der Waals surface area contributed by atoms with Gasteiger partial charge in [0, 0.05) is 33.8 Å². The van der Waals surface area contributed by atoms with E-state index in [2.05, 4.69) is 0 Å². The third-order valence-electron chi connectivity index (χ3n) is 4.76. The summed E-state index contributed by atoms with van der Waals surface area (Å²) in [5.41, 5.74) is 0.165. The van der Waals surface area contributed by atoms with E-state index in [4.69, 9.17) is 33.2 Å². The molecule has 0 spiro atoms. The van der Waals surface area contributed by atoms with Crippen molar-refractivity contribution in [2.45, 2.75) is 65.3 Å². The summed E-state index contributed by atoms with van der Waals surface area (Å²) in [6.07, 6.45) is -6.81. The molecule has 1 aromatic carbocycles. The Bertz CT molecular complexity index is 971. The predicted octanol–water partition coefficient (Wildman–Crippen LogP) is 1.36. The van der Waals surface area contributed by atoms with Crippen molar-refractivity contribution < 1.29 is 57.1 Å². The van der Waals surface area contributed by atoms with Gasteiger partial charge in [0.25, 0.3) is 0 Å². The molecule has 1 aliphatic heterocycles. The van der Waals surface area contributed by atoms with E-state index >= 15 is 0 Å². The maximum atomic E-state index is 12.2. The van der Waals surface area contributed by atoms with Gasteiger partial charge in [-0.25, -0.2) is 0 Å². The first-order valence-electron chi connectivity index (χ1n) is 10.6. The zero-order valence-electron chi connectivity index (χ0n) is 20.2. The van der Waals surface area contributed by atoms with E-state index in [1.54, 1.807) is 6.07 Å². The Morgan fingerprint density at radius 3 is 1.89 bits per heavy atom. The first-order valence-corrected chi connectivity index (χ1v) is 10.6. The van der Waals surface area contributed by atoms with Gasteiger partial charge in [-0.05, 0) is 19.1 Å². The molecule has 1 aromatic rings. The highest BCUT2D eigenvalue weighted by Crippen LogP contribution is 2.33. The number of esters is 4. The molecule has 0 amide bonds. The molecule has 0 aromatic heterocycles. The predicted molar refractivity (Wildman–Crippen MR) is 116 cm³/mol. The maximum absolute atomic E-state index is 12.2. The van der Waals surface area contributed by atoms with Crippen LogP contribution in [0.15, 0.2) is 18.2 Å². The van der Waals surface area contributed by atoms with Gasteiger partial charge in [-0.2, -0.15) is 0 Å². The number of hydrogen-bond acceptors (Lipinski definition) is 12. The van der Waals surface area contributed by atoms with Crippen LogP contribution < -0.4 is 9.47 Å². The Labute approximate surface area is 201 Å². The minimum Gasteiger partial charge on any atom is -0.497 e. The van der Waals surface area contributed by atoms with Crippen LogP contribution in [-0.2, 0) is 42.9 Å². The molecule has 5 unspecified atom stereocenters. The van der Waals surface area contributed by atoms with E-state index in [0.29, 0.717) is 5.75 Å². The van der Waals surface area contributed by atoms with Crippen molar-refractivity contribution in [3.8, 4) is 11.5 Å². The molecule has 2 rings (SSSR count). The lowest BCUT2D eigenvalue weighted by Crippen LogP contribution is -2.63. The molecule has 35 heavy (non-hydrogen) atoms. The lowest BCUT2D eigenvalue weighted by molar-refractivity contribution is -0.288. The molecular weight excluding hydrogens is 468 g/mol. The fourth-order valence-electron chi connectivity index (χ4n) is 3.43. The van der Waals surface area contributed by atoms with Crippen LogP contribution in [0, 0.1) is 0 Å². The normalized spacial score (nSPS) is 23.4. The fraction of sp³-hybridized carbons (Fsp3) is 0.522. The number of carbonyl (C=O) groups is 5. The monoisotopic (exact) mass is 496 g/mol. The molecule has 0 N–H and O–H groups in total. The third-order valence-corrected chi connectivity index (χ3v) is 4.76. The Balaban J connectivity index is 2.57. The van der Waals surface area contributed by atoms with Gasteiger partial charge in [0.05, 0.1) is 12.7 Å². The lowest BCUT2D eigenvalue weighted by Gasteiger charge is -2.44. The van der Waals surface area contributed by atoms with Gasteiger partial charge < -0.3 is 33.2 Å². The van der Waals surface area contributed by atoms with Gasteiger partial charge in [0.2, 0.25) is 12.4 Å². The van der Waals surface area contributed by atoms with E-state index in [1.807, 2.05) is 0 Å². The SMILES string of the molecule is COc1ccc(C(C)=O)c(OC2OC(COC(C)=O)C(OC(C)=O)C(OC(C)=O)C2OC(C)=O)c1. The molecule has 1 fully saturated rings. The molecular formula is C23H28O12. The molecule has 192 valence electrons. The molecule has 5 atom stereocenters. The Morgan fingerprint density at radius 2 is 1.37 bits per heavy atom. The number of ether oxygens (including phenoxy) is 7. The van der Waals surface area contributed by atoms with Crippen LogP contribution in [0.4, 0.5) is 0 Å². The average molecular weight is 496 g/mol. The van der Waals surface area contributed by atoms with Crippen LogP contribution >= 0.6 is 0 Å². The van der Waals surface area contributed by atoms with Crippen molar-refractivity contribution in [2.75, 3.05) is 13.7 Å². The minimum absolute atomic E-state index is 0.0257. The second-order valence-electron chi connectivity index (χ2n) is 7.60. The standard InChI is InChI=1S/C23H28O12/c1-11(24)17-8-7-16(29-6)9-18(17)34-23-22(33-15(5)28)21(32-14(4)27)20(31-13(3)26)19(35-23)10-30-12(2)25/h7-9,19-23H,10H2,1-6H3. The Kier molecular flexibility index (Phi) is 9.58. The van der Waals surface area contributed by atoms with Crippen LogP contribution in [0.3, 0.4) is 0 Å². The summed E-state index contributed by atoms with van der Waals surface area (Å²) in [4.78, 5) is 59.2. The lowest BCUT2D eigenvalue weighted by atomic mass is 9.98. The Hall–Kier alpha value is -3.67. The van der Waals surface area contributed by atoms with Crippen molar-refractivity contribution in [1.82, 2.24) is 0 Å². The van der Waals surface area contributed by atoms with Crippen LogP contribution in [0.25, 0.3) is 0 Å². The molecule has 0 radical (unpaired) electrons. The highest BCUT2D eigenvalue weighted by Gasteiger charge is 2.53. The van der Waals surface area contributed by atoms with Gasteiger partial charge in [-0.3, -0.25) is 24.0 Å². The second kappa shape index (κ2) is 12.2. The summed E-state index contributed by atoms with van der Waals surface area (Å²) in [6, 6.07) is 4.45. The average Bonchev–Trinajstić information content (AvgIpc) is 2.75. The largest absolute Gasteiger partial charge is 0.497 e. The molecule has 0 bridgehead atoms. The maximum Gasteiger partial charge on any atom is 0.303 e. The van der Waals surface area contributed by atoms with Crippen LogP contribution in [0.1, 0.15) is 45.0 Å². The summed E-state index contributed by atoms with van der Waals surface area (Å²) in [5.74, 6) is -2.91. The number of ketones is 1. The van der Waals surface area contributed by atoms with Gasteiger partial charge in [0.15, 0.2) is 18.0 Å². The molecule has 12 nitrogen and oxygen atoms in total. The van der Waals surface area contributed by atoms with Gasteiger partial charge in [0.1, 0.15) is 24.2 Å². The summed E-state index contributed by atoms with van der Waals surface area (Å²) < 4.78 is 38.1. The van der Waals surface area contributed by atoms with Crippen molar-refractivity contribution in [3.05, 3.63) is 23.8 Å². The quantitative estimate of drug-likeness (QED) is 0.276. The smallest absolute Gasteiger partial charge is 0.303 e. The molecule has 0 aliphatic carbocycles. The van der Waals surface area contributed by atoms with Gasteiger partial charge in [-0.1, -0.05) is 0 Å². The molecule has 12 heteroatoms. The van der Waals surface area contributed by atoms with Crippen LogP contribution in [0.2, 0.25) is 0 Å². The summed E-state index contributed by atoms with van der Waals surface area (Å²) in [6.45, 7) is 5.42. The third kappa shape index (κ3) is 7.67. The van der Waals surface area contributed by atoms with Crippen molar-refractivity contribution in [2.24, 2.45) is 0 Å². The summed E-state index contributed by atoms with van der Waals surface area (Å²) in [7, 11) is 1.42. The molecule has 1 aliphatic rings. The second-order valence-corrected chi connectivity index (χ2v) is 7.60. The number of methoxy groups -OCH3 is 1. The van der Waals surface area contributed by atoms with Crippen molar-refractivity contribution >= 4 is 29.7 Å². The van der Waals surface area contributed by atoms with Crippen LogP contribution in [-0.4, -0.2) is 74.1 Å². The minimum atomic E-state index is -1.47. The first kappa shape index (κ1) is 27.6. The first-order chi connectivity index (χ1) is 16.4. The molecule has 1 saturated heterocycles. The van der Waals surface area contributed by atoms with E-state index in [9.17, 15) is 24.0 Å². The van der Waals surface area contributed by atoms with E-state index in [-0.39, 0.29) is 17.1 Å².